The van der Waals surface area contributed by atoms with E-state index in [1.165, 1.54) is 19.3 Å². The van der Waals surface area contributed by atoms with Gasteiger partial charge in [0.2, 0.25) is 11.8 Å². The number of amides is 2. The Bertz CT molecular complexity index is 1110. The molecule has 0 aromatic heterocycles. The van der Waals surface area contributed by atoms with Crippen molar-refractivity contribution in [1.82, 2.24) is 10.2 Å². The topological polar surface area (TPSA) is 61.4 Å². The van der Waals surface area contributed by atoms with Gasteiger partial charge in [-0.1, -0.05) is 73.5 Å². The van der Waals surface area contributed by atoms with Crippen molar-refractivity contribution < 1.29 is 9.59 Å². The van der Waals surface area contributed by atoms with Crippen molar-refractivity contribution in [3.05, 3.63) is 63.6 Å². The van der Waals surface area contributed by atoms with E-state index in [1.807, 2.05) is 42.5 Å². The molecule has 1 saturated heterocycles. The lowest BCUT2D eigenvalue weighted by Gasteiger charge is -2.37. The van der Waals surface area contributed by atoms with Crippen molar-refractivity contribution in [3.63, 3.8) is 0 Å². The van der Waals surface area contributed by atoms with Gasteiger partial charge in [-0.05, 0) is 47.7 Å². The number of hydrogen-bond acceptors (Lipinski definition) is 3. The van der Waals surface area contributed by atoms with Gasteiger partial charge in [0.15, 0.2) is 0 Å². The molecule has 1 spiro atoms. The number of carbonyl (C=O) groups excluding carboxylic acids is 2. The van der Waals surface area contributed by atoms with Crippen molar-refractivity contribution in [3.8, 4) is 0 Å². The third-order valence-corrected chi connectivity index (χ3v) is 8.48. The van der Waals surface area contributed by atoms with Crippen LogP contribution in [0.5, 0.6) is 0 Å². The highest BCUT2D eigenvalue weighted by Gasteiger charge is 2.65. The van der Waals surface area contributed by atoms with Crippen LogP contribution in [0, 0.1) is 5.92 Å². The average Bonchev–Trinajstić information content (AvgIpc) is 3.29. The van der Waals surface area contributed by atoms with E-state index in [9.17, 15) is 9.59 Å². The molecule has 3 aliphatic rings. The Labute approximate surface area is 211 Å². The molecule has 180 valence electrons. The second-order valence-electron chi connectivity index (χ2n) is 10.2. The monoisotopic (exact) mass is 499 g/mol. The SMILES string of the molecule is CN(C)C(=O)C1NC(CC2CCCCC2)C2(C(=O)Nc3cc(Cl)ccc32)C1c1cccc(Cl)c1. The zero-order valence-corrected chi connectivity index (χ0v) is 21.1. The zero-order chi connectivity index (χ0) is 24.0. The van der Waals surface area contributed by atoms with Crippen LogP contribution in [-0.2, 0) is 15.0 Å². The number of nitrogens with one attached hydrogen (secondary N) is 2. The van der Waals surface area contributed by atoms with E-state index in [0.29, 0.717) is 16.0 Å². The van der Waals surface area contributed by atoms with E-state index in [1.54, 1.807) is 19.0 Å². The first kappa shape index (κ1) is 23.7. The highest BCUT2D eigenvalue weighted by molar-refractivity contribution is 6.31. The molecular formula is C27H31Cl2N3O2. The number of halogens is 2. The number of hydrogen-bond donors (Lipinski definition) is 2. The summed E-state index contributed by atoms with van der Waals surface area (Å²) in [5, 5.41) is 7.96. The predicted octanol–water partition coefficient (Wildman–Crippen LogP) is 5.37. The van der Waals surface area contributed by atoms with Gasteiger partial charge in [-0.15, -0.1) is 0 Å². The van der Waals surface area contributed by atoms with Gasteiger partial charge in [-0.25, -0.2) is 0 Å². The van der Waals surface area contributed by atoms with Crippen LogP contribution in [0.1, 0.15) is 55.6 Å². The summed E-state index contributed by atoms with van der Waals surface area (Å²) in [6.45, 7) is 0. The summed E-state index contributed by atoms with van der Waals surface area (Å²) >= 11 is 12.7. The number of likely N-dealkylation sites (N-methyl/N-ethyl adjacent to an activating group) is 1. The Hall–Kier alpha value is -2.08. The van der Waals surface area contributed by atoms with E-state index >= 15 is 0 Å². The molecule has 2 aromatic rings. The van der Waals surface area contributed by atoms with Crippen LogP contribution in [0.4, 0.5) is 5.69 Å². The van der Waals surface area contributed by atoms with Crippen molar-refractivity contribution in [2.45, 2.75) is 61.9 Å². The maximum Gasteiger partial charge on any atom is 0.239 e. The van der Waals surface area contributed by atoms with Crippen LogP contribution in [0.15, 0.2) is 42.5 Å². The number of anilines is 1. The Morgan fingerprint density at radius 2 is 1.79 bits per heavy atom. The van der Waals surface area contributed by atoms with Gasteiger partial charge in [0.1, 0.15) is 5.41 Å². The van der Waals surface area contributed by atoms with Gasteiger partial charge in [0, 0.05) is 41.8 Å². The van der Waals surface area contributed by atoms with Crippen LogP contribution < -0.4 is 10.6 Å². The minimum absolute atomic E-state index is 0.0364. The molecule has 2 aromatic carbocycles. The number of nitrogens with zero attached hydrogens (tertiary/aromatic N) is 1. The largest absolute Gasteiger partial charge is 0.347 e. The first-order chi connectivity index (χ1) is 16.3. The summed E-state index contributed by atoms with van der Waals surface area (Å²) in [7, 11) is 3.53. The summed E-state index contributed by atoms with van der Waals surface area (Å²) in [6, 6.07) is 12.5. The van der Waals surface area contributed by atoms with E-state index in [4.69, 9.17) is 23.2 Å². The van der Waals surface area contributed by atoms with E-state index in [2.05, 4.69) is 10.6 Å². The van der Waals surface area contributed by atoms with E-state index in [-0.39, 0.29) is 17.9 Å². The lowest BCUT2D eigenvalue weighted by molar-refractivity contribution is -0.131. The highest BCUT2D eigenvalue weighted by atomic mass is 35.5. The molecule has 4 atom stereocenters. The summed E-state index contributed by atoms with van der Waals surface area (Å²) < 4.78 is 0. The second kappa shape index (κ2) is 9.18. The molecule has 2 amide bonds. The summed E-state index contributed by atoms with van der Waals surface area (Å²) in [5.74, 6) is 0.0143. The van der Waals surface area contributed by atoms with Crippen molar-refractivity contribution >= 4 is 40.7 Å². The molecule has 7 heteroatoms. The number of fused-ring (bicyclic) bond motifs is 2. The molecular weight excluding hydrogens is 469 g/mol. The molecule has 0 radical (unpaired) electrons. The van der Waals surface area contributed by atoms with Crippen LogP contribution in [0.3, 0.4) is 0 Å². The number of benzene rings is 2. The standard InChI is InChI=1S/C27H31Cl2N3O2/c1-32(2)25(33)24-23(17-9-6-10-18(28)14-17)27(22(31-24)13-16-7-4-3-5-8-16)20-12-11-19(29)15-21(20)30-26(27)34/h6,9-12,14-16,22-24,31H,3-5,7-8,13H2,1-2H3,(H,30,34). The van der Waals surface area contributed by atoms with Gasteiger partial charge in [0.25, 0.3) is 0 Å². The first-order valence-electron chi connectivity index (χ1n) is 12.2. The molecule has 0 bridgehead atoms. The fourth-order valence-electron chi connectivity index (χ4n) is 6.56. The van der Waals surface area contributed by atoms with Crippen LogP contribution in [-0.4, -0.2) is 42.9 Å². The third-order valence-electron chi connectivity index (χ3n) is 8.01. The molecule has 2 N–H and O–H groups in total. The maximum absolute atomic E-state index is 14.1. The number of carbonyl (C=O) groups is 2. The van der Waals surface area contributed by atoms with Crippen LogP contribution in [0.2, 0.25) is 10.0 Å². The molecule has 2 aliphatic heterocycles. The Balaban J connectivity index is 1.71. The summed E-state index contributed by atoms with van der Waals surface area (Å²) in [6.07, 6.45) is 6.90. The smallest absolute Gasteiger partial charge is 0.239 e. The number of rotatable bonds is 4. The van der Waals surface area contributed by atoms with E-state index in [0.717, 1.165) is 36.1 Å². The fraction of sp³-hybridized carbons (Fsp3) is 0.481. The molecule has 4 unspecified atom stereocenters. The lowest BCUT2D eigenvalue weighted by atomic mass is 9.63. The van der Waals surface area contributed by atoms with Crippen molar-refractivity contribution in [2.75, 3.05) is 19.4 Å². The molecule has 1 aliphatic carbocycles. The normalized spacial score (nSPS) is 28.7. The zero-order valence-electron chi connectivity index (χ0n) is 19.6. The molecule has 2 heterocycles. The molecule has 5 nitrogen and oxygen atoms in total. The third kappa shape index (κ3) is 3.82. The molecule has 5 rings (SSSR count). The summed E-state index contributed by atoms with van der Waals surface area (Å²) in [5.41, 5.74) is 1.61. The Kier molecular flexibility index (Phi) is 6.38. The molecule has 34 heavy (non-hydrogen) atoms. The molecule has 1 saturated carbocycles. The first-order valence-corrected chi connectivity index (χ1v) is 12.9. The van der Waals surface area contributed by atoms with Gasteiger partial charge in [-0.3, -0.25) is 9.59 Å². The summed E-state index contributed by atoms with van der Waals surface area (Å²) in [4.78, 5) is 29.2. The van der Waals surface area contributed by atoms with Crippen molar-refractivity contribution in [2.24, 2.45) is 5.92 Å². The average molecular weight is 500 g/mol. The maximum atomic E-state index is 14.1. The van der Waals surface area contributed by atoms with Crippen molar-refractivity contribution in [1.29, 1.82) is 0 Å². The van der Waals surface area contributed by atoms with Gasteiger partial charge >= 0.3 is 0 Å². The predicted molar refractivity (Wildman–Crippen MR) is 137 cm³/mol. The quantitative estimate of drug-likeness (QED) is 0.594. The second-order valence-corrected chi connectivity index (χ2v) is 11.1. The fourth-order valence-corrected chi connectivity index (χ4v) is 6.94. The Morgan fingerprint density at radius 3 is 2.50 bits per heavy atom. The van der Waals surface area contributed by atoms with Crippen LogP contribution in [0.25, 0.3) is 0 Å². The molecule has 2 fully saturated rings. The van der Waals surface area contributed by atoms with Gasteiger partial charge in [-0.2, -0.15) is 0 Å². The van der Waals surface area contributed by atoms with Crippen LogP contribution >= 0.6 is 23.2 Å². The van der Waals surface area contributed by atoms with Gasteiger partial charge in [0.05, 0.1) is 6.04 Å². The Morgan fingerprint density at radius 1 is 1.06 bits per heavy atom. The lowest BCUT2D eigenvalue weighted by Crippen LogP contribution is -2.49. The minimum Gasteiger partial charge on any atom is -0.347 e. The highest BCUT2D eigenvalue weighted by Crippen LogP contribution is 2.56. The minimum atomic E-state index is -0.932. The van der Waals surface area contributed by atoms with E-state index < -0.39 is 17.4 Å². The van der Waals surface area contributed by atoms with Gasteiger partial charge < -0.3 is 15.5 Å².